The van der Waals surface area contributed by atoms with E-state index in [0.717, 1.165) is 12.3 Å². The largest absolute Gasteiger partial charge is 0.412 e. The van der Waals surface area contributed by atoms with Crippen LogP contribution in [-0.4, -0.2) is 52.3 Å². The van der Waals surface area contributed by atoms with Gasteiger partial charge in [-0.05, 0) is 74.5 Å². The number of unbranched alkanes of at least 4 members (excludes halogenated alkanes) is 73. The molecule has 0 aliphatic carbocycles. The van der Waals surface area contributed by atoms with Gasteiger partial charge in [0.05, 0.1) is 0 Å². The zero-order chi connectivity index (χ0) is 82.4. The average molecular weight is 1600 g/mol. The number of rotatable bonds is 95. The zero-order valence-corrected chi connectivity index (χ0v) is 80.7. The van der Waals surface area contributed by atoms with E-state index in [-0.39, 0.29) is 10.9 Å². The van der Waals surface area contributed by atoms with Crippen molar-refractivity contribution in [3.8, 4) is 0 Å². The lowest BCUT2D eigenvalue weighted by Gasteiger charge is -2.32. The SMILES string of the molecule is CCCCCCCCCCCCC(CCCCCCCCCC)CC(CO)CCCCCCCCCC.CCCCCCCCCCCCC(CO)(CCCCCCCCCC)CCCCCCCCCCCC.CCCCCCCCCCCCC(CO)CCCCCCCCCC.CCCCCCCCCCCCO.O. The summed E-state index contributed by atoms with van der Waals surface area (Å²) in [6, 6.07) is 0. The van der Waals surface area contributed by atoms with Gasteiger partial charge in [-0.3, -0.25) is 0 Å². The van der Waals surface area contributed by atoms with Gasteiger partial charge in [0.2, 0.25) is 0 Å². The second-order valence-corrected chi connectivity index (χ2v) is 37.6. The van der Waals surface area contributed by atoms with Crippen LogP contribution in [0.25, 0.3) is 0 Å². The summed E-state index contributed by atoms with van der Waals surface area (Å²) in [5, 5.41) is 38.8. The fraction of sp³-hybridized carbons (Fsp3) is 1.00. The topological polar surface area (TPSA) is 112 Å². The molecule has 0 fully saturated rings. The van der Waals surface area contributed by atoms with Gasteiger partial charge in [0.1, 0.15) is 0 Å². The molecule has 0 bridgehead atoms. The fourth-order valence-electron chi connectivity index (χ4n) is 17.8. The van der Waals surface area contributed by atoms with Crippen molar-refractivity contribution in [2.45, 2.75) is 647 Å². The van der Waals surface area contributed by atoms with Gasteiger partial charge in [-0.1, -0.05) is 595 Å². The predicted molar refractivity (Wildman–Crippen MR) is 516 cm³/mol. The first-order chi connectivity index (χ1) is 55.3. The van der Waals surface area contributed by atoms with E-state index in [4.69, 9.17) is 5.11 Å². The van der Waals surface area contributed by atoms with Crippen LogP contribution in [0.2, 0.25) is 0 Å². The van der Waals surface area contributed by atoms with Gasteiger partial charge >= 0.3 is 0 Å². The second-order valence-electron chi connectivity index (χ2n) is 37.6. The van der Waals surface area contributed by atoms with Gasteiger partial charge in [-0.2, -0.15) is 0 Å². The van der Waals surface area contributed by atoms with Gasteiger partial charge in [0.25, 0.3) is 0 Å². The van der Waals surface area contributed by atoms with Crippen molar-refractivity contribution in [3.63, 3.8) is 0 Å². The third-order valence-corrected chi connectivity index (χ3v) is 26.0. The van der Waals surface area contributed by atoms with E-state index in [1.165, 1.54) is 578 Å². The third-order valence-electron chi connectivity index (χ3n) is 26.0. The molecule has 0 aromatic rings. The smallest absolute Gasteiger partial charge is 0.0487 e. The van der Waals surface area contributed by atoms with E-state index in [1.807, 2.05) is 0 Å². The van der Waals surface area contributed by atoms with Gasteiger partial charge in [-0.25, -0.2) is 0 Å². The molecular weight excluding hydrogens is 1380 g/mol. The maximum absolute atomic E-state index is 10.6. The van der Waals surface area contributed by atoms with Crippen LogP contribution in [0.1, 0.15) is 647 Å². The fourth-order valence-corrected chi connectivity index (χ4v) is 17.8. The molecule has 5 nitrogen and oxygen atoms in total. The minimum absolute atomic E-state index is 0. The van der Waals surface area contributed by atoms with Crippen LogP contribution in [0.5, 0.6) is 0 Å². The molecule has 0 saturated heterocycles. The molecule has 0 spiro atoms. The Morgan fingerprint density at radius 1 is 0.159 bits per heavy atom. The molecule has 0 amide bonds. The van der Waals surface area contributed by atoms with Crippen molar-refractivity contribution in [2.24, 2.45) is 23.2 Å². The molecule has 3 unspecified atom stereocenters. The Balaban J connectivity index is -0.000000482. The zero-order valence-electron chi connectivity index (χ0n) is 80.7. The Kier molecular flexibility index (Phi) is 122. The molecule has 5 heteroatoms. The molecule has 6 N–H and O–H groups in total. The van der Waals surface area contributed by atoms with E-state index in [1.54, 1.807) is 0 Å². The molecular formula is C108H226O5. The minimum Gasteiger partial charge on any atom is -0.412 e. The average Bonchev–Trinajstić information content (AvgIpc) is 0.878. The van der Waals surface area contributed by atoms with Crippen LogP contribution >= 0.6 is 0 Å². The van der Waals surface area contributed by atoms with Crippen LogP contribution in [-0.2, 0) is 0 Å². The first-order valence-electron chi connectivity index (χ1n) is 53.7. The van der Waals surface area contributed by atoms with Crippen molar-refractivity contribution in [1.82, 2.24) is 0 Å². The molecule has 0 rings (SSSR count). The molecule has 113 heavy (non-hydrogen) atoms. The number of aliphatic hydroxyl groups excluding tert-OH is 4. The Labute approximate surface area is 717 Å². The van der Waals surface area contributed by atoms with E-state index >= 15 is 0 Å². The molecule has 0 aromatic heterocycles. The summed E-state index contributed by atoms with van der Waals surface area (Å²) in [7, 11) is 0. The van der Waals surface area contributed by atoms with E-state index < -0.39 is 0 Å². The molecule has 0 aromatic carbocycles. The summed E-state index contributed by atoms with van der Waals surface area (Å²) in [5.74, 6) is 2.00. The van der Waals surface area contributed by atoms with E-state index in [0.29, 0.717) is 38.3 Å². The van der Waals surface area contributed by atoms with Crippen LogP contribution < -0.4 is 0 Å². The molecule has 0 heterocycles. The number of hydrogen-bond donors (Lipinski definition) is 4. The van der Waals surface area contributed by atoms with Gasteiger partial charge in [-0.15, -0.1) is 0 Å². The monoisotopic (exact) mass is 1600 g/mol. The highest BCUT2D eigenvalue weighted by molar-refractivity contribution is 4.80. The first-order valence-corrected chi connectivity index (χ1v) is 53.7. The maximum Gasteiger partial charge on any atom is 0.0487 e. The molecule has 688 valence electrons. The quantitative estimate of drug-likeness (QED) is 0.0455. The van der Waals surface area contributed by atoms with Crippen molar-refractivity contribution in [1.29, 1.82) is 0 Å². The lowest BCUT2D eigenvalue weighted by atomic mass is 9.74. The van der Waals surface area contributed by atoms with Crippen molar-refractivity contribution < 1.29 is 25.9 Å². The van der Waals surface area contributed by atoms with Gasteiger partial charge in [0.15, 0.2) is 0 Å². The highest BCUT2D eigenvalue weighted by Crippen LogP contribution is 2.38. The normalized spacial score (nSPS) is 12.3. The summed E-state index contributed by atoms with van der Waals surface area (Å²) in [4.78, 5) is 0. The molecule has 0 saturated carbocycles. The predicted octanol–water partition coefficient (Wildman–Crippen LogP) is 37.6. The number of aliphatic hydroxyl groups is 4. The summed E-state index contributed by atoms with van der Waals surface area (Å²) in [5.41, 5.74) is 0.225. The first kappa shape index (κ1) is 121. The van der Waals surface area contributed by atoms with Crippen molar-refractivity contribution in [3.05, 3.63) is 0 Å². The summed E-state index contributed by atoms with van der Waals surface area (Å²) >= 11 is 0. The van der Waals surface area contributed by atoms with Crippen LogP contribution in [0.15, 0.2) is 0 Å². The number of hydrogen-bond acceptors (Lipinski definition) is 4. The van der Waals surface area contributed by atoms with Gasteiger partial charge in [0, 0.05) is 26.4 Å². The third kappa shape index (κ3) is 108. The van der Waals surface area contributed by atoms with Crippen LogP contribution in [0, 0.1) is 23.2 Å². The molecule has 0 aliphatic rings. The molecule has 3 atom stereocenters. The lowest BCUT2D eigenvalue weighted by Crippen LogP contribution is -2.26. The highest BCUT2D eigenvalue weighted by Gasteiger charge is 2.28. The maximum atomic E-state index is 10.6. The van der Waals surface area contributed by atoms with Gasteiger partial charge < -0.3 is 25.9 Å². The second kappa shape index (κ2) is 114. The summed E-state index contributed by atoms with van der Waals surface area (Å²) in [6.07, 6.45) is 126. The Bertz CT molecular complexity index is 1490. The minimum atomic E-state index is 0. The summed E-state index contributed by atoms with van der Waals surface area (Å²) in [6.45, 7) is 22.3. The Hall–Kier alpha value is -0.200. The van der Waals surface area contributed by atoms with Crippen molar-refractivity contribution >= 4 is 0 Å². The highest BCUT2D eigenvalue weighted by atomic mass is 16.3. The lowest BCUT2D eigenvalue weighted by molar-refractivity contribution is 0.0856. The van der Waals surface area contributed by atoms with E-state index in [2.05, 4.69) is 62.3 Å². The Morgan fingerprint density at radius 2 is 0.301 bits per heavy atom. The van der Waals surface area contributed by atoms with Crippen LogP contribution in [0.4, 0.5) is 0 Å². The Morgan fingerprint density at radius 3 is 0.460 bits per heavy atom. The van der Waals surface area contributed by atoms with Crippen molar-refractivity contribution in [2.75, 3.05) is 26.4 Å². The standard InChI is InChI=1S/2C36H74O.C24H50O.C12H26O.H2O/c1-4-7-10-13-16-19-20-23-25-28-31-35(30-27-24-21-17-14-11-8-5-2)33-36(34-37)32-29-26-22-18-15-12-9-6-3;1-4-7-10-13-16-19-21-24-27-30-33-36(35-37,32-29-26-23-18-15-12-9-6-3)34-31-28-25-22-20-17-14-11-8-5-2;1-3-5-7-9-11-13-14-16-18-20-22-24(23-25)21-19-17-15-12-10-8-6-4-2;1-2-3-4-5-6-7-8-9-10-11-12-13;/h35-37H,4-34H2,1-3H3;37H,4-35H2,1-3H3;24-25H,3-23H2,1-2H3;13H,2-12H2,1H3;1H2. The molecule has 0 aliphatic heterocycles. The summed E-state index contributed by atoms with van der Waals surface area (Å²) < 4.78 is 0. The molecule has 0 radical (unpaired) electrons. The van der Waals surface area contributed by atoms with Crippen LogP contribution in [0.3, 0.4) is 0 Å². The van der Waals surface area contributed by atoms with E-state index in [9.17, 15) is 15.3 Å².